The molecule has 0 atom stereocenters. The van der Waals surface area contributed by atoms with Crippen molar-refractivity contribution in [2.75, 3.05) is 5.43 Å². The summed E-state index contributed by atoms with van der Waals surface area (Å²) < 4.78 is 0. The summed E-state index contributed by atoms with van der Waals surface area (Å²) in [5.41, 5.74) is 3.50. The summed E-state index contributed by atoms with van der Waals surface area (Å²) in [7, 11) is 0. The Morgan fingerprint density at radius 3 is 2.38 bits per heavy atom. The van der Waals surface area contributed by atoms with Gasteiger partial charge in [0, 0.05) is 11.6 Å². The molecule has 9 heteroatoms. The monoisotopic (exact) mass is 366 g/mol. The zero-order valence-corrected chi connectivity index (χ0v) is 13.8. The van der Waals surface area contributed by atoms with Gasteiger partial charge in [-0.1, -0.05) is 35.3 Å². The molecule has 1 N–H and O–H groups in total. The Morgan fingerprint density at radius 1 is 1.12 bits per heavy atom. The SMILES string of the molecule is C/C(=N/Nc1cc(C(=O)[O-])ccc1Cl)c1ccc(Cl)c([N+](=O)[O-])c1. The number of hydrazone groups is 1. The summed E-state index contributed by atoms with van der Waals surface area (Å²) in [5, 5.41) is 26.1. The minimum atomic E-state index is -1.34. The van der Waals surface area contributed by atoms with Crippen molar-refractivity contribution in [3.8, 4) is 0 Å². The third-order valence-electron chi connectivity index (χ3n) is 3.11. The number of carboxylic acids is 1. The number of hydrogen-bond donors (Lipinski definition) is 1. The Labute approximate surface area is 146 Å². The molecule has 0 aromatic heterocycles. The number of nitrogens with one attached hydrogen (secondary N) is 1. The highest BCUT2D eigenvalue weighted by Crippen LogP contribution is 2.26. The molecule has 0 unspecified atom stereocenters. The fraction of sp³-hybridized carbons (Fsp3) is 0.0667. The summed E-state index contributed by atoms with van der Waals surface area (Å²) >= 11 is 11.7. The third-order valence-corrected chi connectivity index (χ3v) is 3.76. The fourth-order valence-electron chi connectivity index (χ4n) is 1.82. The van der Waals surface area contributed by atoms with Gasteiger partial charge in [-0.25, -0.2) is 0 Å². The largest absolute Gasteiger partial charge is 0.545 e. The number of aromatic carboxylic acids is 1. The summed E-state index contributed by atoms with van der Waals surface area (Å²) in [6, 6.07) is 8.25. The van der Waals surface area contributed by atoms with Crippen molar-refractivity contribution in [2.24, 2.45) is 5.10 Å². The molecule has 24 heavy (non-hydrogen) atoms. The molecule has 0 spiro atoms. The maximum Gasteiger partial charge on any atom is 0.288 e. The van der Waals surface area contributed by atoms with E-state index in [4.69, 9.17) is 23.2 Å². The van der Waals surface area contributed by atoms with E-state index in [-0.39, 0.29) is 27.0 Å². The Hall–Kier alpha value is -2.64. The minimum Gasteiger partial charge on any atom is -0.545 e. The Kier molecular flexibility index (Phi) is 5.38. The Bertz CT molecular complexity index is 853. The molecule has 2 rings (SSSR count). The van der Waals surface area contributed by atoms with Crippen LogP contribution in [0.2, 0.25) is 10.0 Å². The summed E-state index contributed by atoms with van der Waals surface area (Å²) in [6.07, 6.45) is 0. The first-order valence-electron chi connectivity index (χ1n) is 6.55. The quantitative estimate of drug-likeness (QED) is 0.496. The molecule has 0 aliphatic rings. The maximum absolute atomic E-state index is 10.9. The molecule has 0 aliphatic heterocycles. The molecule has 2 aromatic rings. The summed E-state index contributed by atoms with van der Waals surface area (Å²) in [4.78, 5) is 21.2. The first kappa shape index (κ1) is 17.7. The van der Waals surface area contributed by atoms with Crippen LogP contribution < -0.4 is 10.5 Å². The molecule has 0 saturated carbocycles. The van der Waals surface area contributed by atoms with Crippen molar-refractivity contribution in [3.63, 3.8) is 0 Å². The second-order valence-corrected chi connectivity index (χ2v) is 5.53. The summed E-state index contributed by atoms with van der Waals surface area (Å²) in [6.45, 7) is 1.62. The molecule has 0 saturated heterocycles. The van der Waals surface area contributed by atoms with Crippen LogP contribution in [0.1, 0.15) is 22.8 Å². The van der Waals surface area contributed by atoms with Gasteiger partial charge in [-0.15, -0.1) is 0 Å². The van der Waals surface area contributed by atoms with Gasteiger partial charge in [-0.05, 0) is 30.7 Å². The highest BCUT2D eigenvalue weighted by Gasteiger charge is 2.13. The van der Waals surface area contributed by atoms with Gasteiger partial charge in [-0.3, -0.25) is 15.5 Å². The second kappa shape index (κ2) is 7.29. The molecule has 0 aliphatic carbocycles. The molecule has 2 aromatic carbocycles. The molecule has 0 bridgehead atoms. The van der Waals surface area contributed by atoms with E-state index in [9.17, 15) is 20.0 Å². The van der Waals surface area contributed by atoms with Crippen molar-refractivity contribution in [1.82, 2.24) is 0 Å². The van der Waals surface area contributed by atoms with Gasteiger partial charge in [0.05, 0.1) is 27.3 Å². The molecular formula is C15H10Cl2N3O4-. The number of anilines is 1. The number of carbonyl (C=O) groups is 1. The number of carboxylic acid groups (broad SMARTS) is 1. The number of halogens is 2. The van der Waals surface area contributed by atoms with Gasteiger partial charge in [-0.2, -0.15) is 5.10 Å². The van der Waals surface area contributed by atoms with E-state index in [0.717, 1.165) is 0 Å². The predicted octanol–water partition coefficient (Wildman–Crippen LogP) is 3.10. The number of nitro benzene ring substituents is 1. The van der Waals surface area contributed by atoms with Gasteiger partial charge in [0.15, 0.2) is 0 Å². The van der Waals surface area contributed by atoms with Crippen LogP contribution >= 0.6 is 23.2 Å². The zero-order valence-electron chi connectivity index (χ0n) is 12.2. The van der Waals surface area contributed by atoms with Crippen LogP contribution in [-0.4, -0.2) is 16.6 Å². The molecular weight excluding hydrogens is 357 g/mol. The smallest absolute Gasteiger partial charge is 0.288 e. The molecule has 124 valence electrons. The number of rotatable bonds is 5. The number of carbonyl (C=O) groups excluding carboxylic acids is 1. The number of benzene rings is 2. The van der Waals surface area contributed by atoms with Gasteiger partial charge < -0.3 is 9.90 Å². The molecule has 7 nitrogen and oxygen atoms in total. The number of hydrogen-bond acceptors (Lipinski definition) is 6. The molecule has 0 amide bonds. The molecule has 0 fully saturated rings. The Morgan fingerprint density at radius 2 is 1.75 bits per heavy atom. The van der Waals surface area contributed by atoms with E-state index >= 15 is 0 Å². The van der Waals surface area contributed by atoms with Crippen molar-refractivity contribution in [3.05, 3.63) is 67.7 Å². The lowest BCUT2D eigenvalue weighted by atomic mass is 10.1. The second-order valence-electron chi connectivity index (χ2n) is 4.71. The van der Waals surface area contributed by atoms with Crippen molar-refractivity contribution < 1.29 is 14.8 Å². The Balaban J connectivity index is 2.30. The highest BCUT2D eigenvalue weighted by molar-refractivity contribution is 6.33. The lowest BCUT2D eigenvalue weighted by Crippen LogP contribution is -2.22. The van der Waals surface area contributed by atoms with E-state index in [1.165, 1.54) is 30.3 Å². The van der Waals surface area contributed by atoms with Crippen molar-refractivity contribution in [2.45, 2.75) is 6.92 Å². The van der Waals surface area contributed by atoms with Crippen LogP contribution in [0.5, 0.6) is 0 Å². The number of nitrogens with zero attached hydrogens (tertiary/aromatic N) is 2. The van der Waals surface area contributed by atoms with Gasteiger partial charge in [0.1, 0.15) is 5.02 Å². The van der Waals surface area contributed by atoms with E-state index in [0.29, 0.717) is 11.3 Å². The van der Waals surface area contributed by atoms with E-state index in [1.807, 2.05) is 0 Å². The van der Waals surface area contributed by atoms with E-state index in [1.54, 1.807) is 13.0 Å². The highest BCUT2D eigenvalue weighted by atomic mass is 35.5. The van der Waals surface area contributed by atoms with Crippen LogP contribution in [0.15, 0.2) is 41.5 Å². The maximum atomic E-state index is 10.9. The van der Waals surface area contributed by atoms with Gasteiger partial charge >= 0.3 is 0 Å². The topological polar surface area (TPSA) is 108 Å². The van der Waals surface area contributed by atoms with Crippen LogP contribution in [-0.2, 0) is 0 Å². The van der Waals surface area contributed by atoms with E-state index in [2.05, 4.69) is 10.5 Å². The van der Waals surface area contributed by atoms with Crippen LogP contribution in [0.25, 0.3) is 0 Å². The van der Waals surface area contributed by atoms with E-state index < -0.39 is 10.9 Å². The van der Waals surface area contributed by atoms with Crippen LogP contribution in [0.4, 0.5) is 11.4 Å². The minimum absolute atomic E-state index is 0.0224. The fourth-order valence-corrected chi connectivity index (χ4v) is 2.17. The lowest BCUT2D eigenvalue weighted by molar-refractivity contribution is -0.384. The average molecular weight is 367 g/mol. The predicted molar refractivity (Wildman–Crippen MR) is 89.7 cm³/mol. The number of nitro groups is 1. The zero-order chi connectivity index (χ0) is 17.9. The lowest BCUT2D eigenvalue weighted by Gasteiger charge is -2.09. The van der Waals surface area contributed by atoms with Crippen molar-refractivity contribution >= 4 is 46.3 Å². The normalized spacial score (nSPS) is 11.2. The first-order valence-corrected chi connectivity index (χ1v) is 7.30. The van der Waals surface area contributed by atoms with Gasteiger partial charge in [0.25, 0.3) is 5.69 Å². The average Bonchev–Trinajstić information content (AvgIpc) is 2.53. The standard InChI is InChI=1S/C15H11Cl2N3O4/c1-8(9-2-5-12(17)14(7-9)20(23)24)18-19-13-6-10(15(21)22)3-4-11(13)16/h2-7,19H,1H3,(H,21,22)/p-1/b18-8-. The third kappa shape index (κ3) is 4.01. The van der Waals surface area contributed by atoms with Crippen LogP contribution in [0.3, 0.4) is 0 Å². The van der Waals surface area contributed by atoms with Crippen LogP contribution in [0, 0.1) is 10.1 Å². The molecule has 0 heterocycles. The van der Waals surface area contributed by atoms with Gasteiger partial charge in [0.2, 0.25) is 0 Å². The summed E-state index contributed by atoms with van der Waals surface area (Å²) in [5.74, 6) is -1.34. The first-order chi connectivity index (χ1) is 11.3. The molecule has 0 radical (unpaired) electrons. The van der Waals surface area contributed by atoms with Crippen molar-refractivity contribution in [1.29, 1.82) is 0 Å².